The molecule has 0 aromatic heterocycles. The molecule has 0 saturated carbocycles. The van der Waals surface area contributed by atoms with Gasteiger partial charge < -0.3 is 9.80 Å². The monoisotopic (exact) mass is 992 g/mol. The lowest BCUT2D eigenvalue weighted by Gasteiger charge is -2.46. The second kappa shape index (κ2) is 19.3. The molecule has 2 aliphatic rings. The van der Waals surface area contributed by atoms with Crippen molar-refractivity contribution < 1.29 is 4.39 Å². The lowest BCUT2D eigenvalue weighted by molar-refractivity contribution is 0.590. The number of rotatable bonds is 9. The van der Waals surface area contributed by atoms with E-state index >= 15 is 4.39 Å². The molecule has 2 heterocycles. The van der Waals surface area contributed by atoms with Crippen LogP contribution in [0.2, 0.25) is 0 Å². The van der Waals surface area contributed by atoms with Crippen LogP contribution in [-0.2, 0) is 5.41 Å². The Labute approximate surface area is 453 Å². The molecule has 0 unspecified atom stereocenters. The van der Waals surface area contributed by atoms with E-state index < -0.39 is 0 Å². The molecule has 13 rings (SSSR count). The summed E-state index contributed by atoms with van der Waals surface area (Å²) < 4.78 is 16.2. The SMILES string of the molecule is CC(C)c1cc2c(cc1-c1ccccc1)B1c3cc(-c4ccccc4F)ccc3N(c3cc(-c4ccccc4)cc(-c4ccccc4)c3)c3cc(C(C)(C)C)cc(c31)N2c1cc(-c2ccccc2)cc(-c2ccccc2)c1. The molecule has 0 amide bonds. The Balaban J connectivity index is 1.18. The highest BCUT2D eigenvalue weighted by atomic mass is 19.1. The fourth-order valence-electron chi connectivity index (χ4n) is 11.9. The summed E-state index contributed by atoms with van der Waals surface area (Å²) in [5.41, 5.74) is 25.3. The van der Waals surface area contributed by atoms with Gasteiger partial charge in [0.1, 0.15) is 5.82 Å². The van der Waals surface area contributed by atoms with Crippen molar-refractivity contribution in [2.75, 3.05) is 9.80 Å². The van der Waals surface area contributed by atoms with Gasteiger partial charge in [0, 0.05) is 39.7 Å². The fourth-order valence-corrected chi connectivity index (χ4v) is 11.9. The largest absolute Gasteiger partial charge is 0.311 e. The number of fused-ring (bicyclic) bond motifs is 4. The van der Waals surface area contributed by atoms with Crippen LogP contribution in [0.1, 0.15) is 51.7 Å². The second-order valence-corrected chi connectivity index (χ2v) is 22.1. The minimum Gasteiger partial charge on any atom is -0.311 e. The fraction of sp³-hybridized carbons (Fsp3) is 0.0959. The Morgan fingerprint density at radius 1 is 0.351 bits per heavy atom. The third kappa shape index (κ3) is 8.65. The lowest BCUT2D eigenvalue weighted by atomic mass is 9.33. The Kier molecular flexibility index (Phi) is 12.0. The van der Waals surface area contributed by atoms with E-state index in [1.807, 2.05) is 12.1 Å². The zero-order valence-electron chi connectivity index (χ0n) is 44.2. The van der Waals surface area contributed by atoms with Crippen molar-refractivity contribution in [3.8, 4) is 66.8 Å². The van der Waals surface area contributed by atoms with Gasteiger partial charge in [0.25, 0.3) is 6.71 Å². The first-order valence-corrected chi connectivity index (χ1v) is 27.0. The molecule has 2 nitrogen and oxygen atoms in total. The maximum atomic E-state index is 16.2. The van der Waals surface area contributed by atoms with Crippen molar-refractivity contribution in [1.82, 2.24) is 0 Å². The third-order valence-corrected chi connectivity index (χ3v) is 15.8. The topological polar surface area (TPSA) is 6.48 Å². The summed E-state index contributed by atoms with van der Waals surface area (Å²) in [6.07, 6.45) is 0. The predicted molar refractivity (Wildman–Crippen MR) is 326 cm³/mol. The molecule has 11 aromatic rings. The van der Waals surface area contributed by atoms with Gasteiger partial charge >= 0.3 is 0 Å². The molecule has 4 heteroatoms. The average molecular weight is 993 g/mol. The number of anilines is 6. The number of hydrogen-bond donors (Lipinski definition) is 0. The molecule has 0 fully saturated rings. The van der Waals surface area contributed by atoms with Crippen LogP contribution < -0.4 is 26.2 Å². The zero-order valence-corrected chi connectivity index (χ0v) is 44.2. The lowest BCUT2D eigenvalue weighted by Crippen LogP contribution is -2.61. The van der Waals surface area contributed by atoms with Gasteiger partial charge in [-0.2, -0.15) is 0 Å². The van der Waals surface area contributed by atoms with Gasteiger partial charge in [-0.05, 0) is 167 Å². The van der Waals surface area contributed by atoms with Crippen LogP contribution in [0.4, 0.5) is 38.5 Å². The molecule has 0 aliphatic carbocycles. The number of halogens is 1. The quantitative estimate of drug-likeness (QED) is 0.133. The van der Waals surface area contributed by atoms with Crippen LogP contribution in [0.15, 0.2) is 255 Å². The van der Waals surface area contributed by atoms with Gasteiger partial charge in [-0.3, -0.25) is 0 Å². The molecule has 0 N–H and O–H groups in total. The van der Waals surface area contributed by atoms with Gasteiger partial charge in [-0.25, -0.2) is 4.39 Å². The Morgan fingerprint density at radius 3 is 1.21 bits per heavy atom. The molecule has 0 saturated heterocycles. The highest BCUT2D eigenvalue weighted by Gasteiger charge is 2.45. The molecule has 2 aliphatic heterocycles. The first-order valence-electron chi connectivity index (χ1n) is 27.0. The van der Waals surface area contributed by atoms with Crippen LogP contribution in [0.3, 0.4) is 0 Å². The molecular formula is C73H58BFN2. The standard InChI is InChI=1S/C73H58BFN2/c1-48(2)63-47-69-66(46-64(63)53-31-19-10-20-32-53)74-65-43-54(62-33-21-22-34-67(62)75)35-36-68(65)76(60-39-55(49-23-11-6-12-24-49)37-56(40-60)50-25-13-7-14-26-50)70-44-59(73(3,4)5)45-71(72(70)74)77(69)61-41-57(51-27-15-8-16-28-51)38-58(42-61)52-29-17-9-18-30-52/h6-48H,1-5H3. The number of benzene rings is 11. The van der Waals surface area contributed by atoms with E-state index in [9.17, 15) is 0 Å². The van der Waals surface area contributed by atoms with E-state index in [1.165, 1.54) is 33.2 Å². The minimum atomic E-state index is -0.241. The molecule has 0 radical (unpaired) electrons. The van der Waals surface area contributed by atoms with E-state index in [1.54, 1.807) is 12.1 Å². The summed E-state index contributed by atoms with van der Waals surface area (Å²) in [5.74, 6) is -0.0296. The van der Waals surface area contributed by atoms with Crippen LogP contribution in [-0.4, -0.2) is 6.71 Å². The maximum Gasteiger partial charge on any atom is 0.252 e. The molecule has 0 spiro atoms. The van der Waals surface area contributed by atoms with Gasteiger partial charge in [-0.15, -0.1) is 0 Å². The first-order chi connectivity index (χ1) is 37.6. The summed E-state index contributed by atoms with van der Waals surface area (Å²) in [6, 6.07) is 91.9. The number of nitrogens with zero attached hydrogens (tertiary/aromatic N) is 2. The first kappa shape index (κ1) is 47.7. The summed E-state index contributed by atoms with van der Waals surface area (Å²) in [5, 5.41) is 0. The number of hydrogen-bond acceptors (Lipinski definition) is 2. The van der Waals surface area contributed by atoms with Crippen LogP contribution >= 0.6 is 0 Å². The summed E-state index contributed by atoms with van der Waals surface area (Å²) in [6.45, 7) is 11.4. The van der Waals surface area contributed by atoms with E-state index in [4.69, 9.17) is 0 Å². The van der Waals surface area contributed by atoms with Gasteiger partial charge in [0.15, 0.2) is 0 Å². The zero-order chi connectivity index (χ0) is 52.4. The van der Waals surface area contributed by atoms with Gasteiger partial charge in [-0.1, -0.05) is 223 Å². The van der Waals surface area contributed by atoms with E-state index in [-0.39, 0.29) is 23.9 Å². The summed E-state index contributed by atoms with van der Waals surface area (Å²) in [4.78, 5) is 5.10. The highest BCUT2D eigenvalue weighted by Crippen LogP contribution is 2.50. The molecule has 0 bridgehead atoms. The molecule has 370 valence electrons. The van der Waals surface area contributed by atoms with Gasteiger partial charge in [0.2, 0.25) is 0 Å². The van der Waals surface area contributed by atoms with Crippen LogP contribution in [0, 0.1) is 5.82 Å². The summed E-state index contributed by atoms with van der Waals surface area (Å²) in [7, 11) is 0. The summed E-state index contributed by atoms with van der Waals surface area (Å²) >= 11 is 0. The van der Waals surface area contributed by atoms with Crippen LogP contribution in [0.25, 0.3) is 66.8 Å². The smallest absolute Gasteiger partial charge is 0.252 e. The van der Waals surface area contributed by atoms with Gasteiger partial charge in [0.05, 0.1) is 0 Å². The maximum absolute atomic E-state index is 16.2. The van der Waals surface area contributed by atoms with Crippen molar-refractivity contribution in [2.24, 2.45) is 0 Å². The van der Waals surface area contributed by atoms with Crippen molar-refractivity contribution in [2.45, 2.75) is 46.0 Å². The Morgan fingerprint density at radius 2 is 0.766 bits per heavy atom. The minimum absolute atomic E-state index is 0.211. The molecular weight excluding hydrogens is 935 g/mol. The average Bonchev–Trinajstić information content (AvgIpc) is 3.66. The second-order valence-electron chi connectivity index (χ2n) is 22.1. The molecule has 0 atom stereocenters. The molecule has 11 aromatic carbocycles. The van der Waals surface area contributed by atoms with E-state index in [2.05, 4.69) is 275 Å². The highest BCUT2D eigenvalue weighted by molar-refractivity contribution is 7.00. The Bertz CT molecular complexity index is 3880. The van der Waals surface area contributed by atoms with Crippen molar-refractivity contribution in [3.63, 3.8) is 0 Å². The van der Waals surface area contributed by atoms with E-state index in [0.717, 1.165) is 89.7 Å². The van der Waals surface area contributed by atoms with E-state index in [0.29, 0.717) is 5.56 Å². The van der Waals surface area contributed by atoms with Crippen molar-refractivity contribution in [3.05, 3.63) is 272 Å². The third-order valence-electron chi connectivity index (χ3n) is 15.8. The normalized spacial score (nSPS) is 12.6. The Hall–Kier alpha value is -8.99. The molecule has 77 heavy (non-hydrogen) atoms. The van der Waals surface area contributed by atoms with Crippen molar-refractivity contribution >= 4 is 57.2 Å². The van der Waals surface area contributed by atoms with Crippen molar-refractivity contribution in [1.29, 1.82) is 0 Å². The predicted octanol–water partition coefficient (Wildman–Crippen LogP) is 18.3. The van der Waals surface area contributed by atoms with Crippen LogP contribution in [0.5, 0.6) is 0 Å².